The molecule has 0 bridgehead atoms. The third-order valence-electron chi connectivity index (χ3n) is 3.84. The average Bonchev–Trinajstić information content (AvgIpc) is 3.16. The second-order valence-electron chi connectivity index (χ2n) is 5.69. The van der Waals surface area contributed by atoms with E-state index in [9.17, 15) is 19.7 Å². The van der Waals surface area contributed by atoms with E-state index in [1.54, 1.807) is 13.8 Å². The first-order chi connectivity index (χ1) is 10.3. The molecule has 7 nitrogen and oxygen atoms in total. The van der Waals surface area contributed by atoms with Crippen molar-refractivity contribution in [3.05, 3.63) is 33.4 Å². The maximum absolute atomic E-state index is 11.8. The van der Waals surface area contributed by atoms with Gasteiger partial charge in [-0.15, -0.1) is 0 Å². The van der Waals surface area contributed by atoms with Crippen LogP contribution in [-0.2, 0) is 14.3 Å². The Morgan fingerprint density at radius 2 is 1.95 bits per heavy atom. The number of carbonyl (C=O) groups is 2. The van der Waals surface area contributed by atoms with Gasteiger partial charge < -0.3 is 10.1 Å². The Balaban J connectivity index is 2.00. The molecule has 0 saturated heterocycles. The zero-order valence-corrected chi connectivity index (χ0v) is 12.7. The highest BCUT2D eigenvalue weighted by Crippen LogP contribution is 2.38. The fourth-order valence-corrected chi connectivity index (χ4v) is 2.13. The van der Waals surface area contributed by atoms with Crippen molar-refractivity contribution in [2.75, 3.05) is 11.9 Å². The summed E-state index contributed by atoms with van der Waals surface area (Å²) in [5, 5.41) is 13.5. The molecule has 1 N–H and O–H groups in total. The third-order valence-corrected chi connectivity index (χ3v) is 3.84. The van der Waals surface area contributed by atoms with Crippen LogP contribution in [0.5, 0.6) is 0 Å². The number of benzene rings is 1. The number of esters is 1. The van der Waals surface area contributed by atoms with Crippen LogP contribution in [0.1, 0.15) is 24.5 Å². The lowest BCUT2D eigenvalue weighted by Crippen LogP contribution is -2.22. The van der Waals surface area contributed by atoms with Gasteiger partial charge in [0.25, 0.3) is 11.6 Å². The number of nitrogens with zero attached hydrogens (tertiary/aromatic N) is 1. The molecule has 2 atom stereocenters. The smallest absolute Gasteiger partial charge is 0.309 e. The van der Waals surface area contributed by atoms with Crippen LogP contribution in [-0.4, -0.2) is 23.4 Å². The number of amides is 1. The predicted molar refractivity (Wildman–Crippen MR) is 79.4 cm³/mol. The van der Waals surface area contributed by atoms with E-state index in [0.29, 0.717) is 5.92 Å². The molecule has 1 aliphatic carbocycles. The summed E-state index contributed by atoms with van der Waals surface area (Å²) in [5.41, 5.74) is 1.51. The van der Waals surface area contributed by atoms with Gasteiger partial charge in [-0.25, -0.2) is 0 Å². The van der Waals surface area contributed by atoms with Crippen molar-refractivity contribution < 1.29 is 19.2 Å². The predicted octanol–water partition coefficient (Wildman–Crippen LogP) is 2.35. The molecule has 0 heterocycles. The number of anilines is 1. The summed E-state index contributed by atoms with van der Waals surface area (Å²) in [5.74, 6) is -0.801. The molecule has 0 radical (unpaired) electrons. The highest BCUT2D eigenvalue weighted by atomic mass is 16.6. The van der Waals surface area contributed by atoms with E-state index in [0.717, 1.165) is 17.5 Å². The molecule has 0 aliphatic heterocycles. The van der Waals surface area contributed by atoms with Crippen LogP contribution in [0.2, 0.25) is 0 Å². The van der Waals surface area contributed by atoms with Gasteiger partial charge in [0.1, 0.15) is 5.69 Å². The summed E-state index contributed by atoms with van der Waals surface area (Å²) in [6, 6.07) is 2.94. The Hall–Kier alpha value is -2.44. The molecule has 1 aliphatic rings. The first-order valence-corrected chi connectivity index (χ1v) is 7.01. The SMILES string of the molecule is Cc1cc(NC(=O)COC(=O)[C@@H]2C[C@@H]2C)c([N+](=O)[O-])cc1C. The van der Waals surface area contributed by atoms with Crippen molar-refractivity contribution >= 4 is 23.3 Å². The summed E-state index contributed by atoms with van der Waals surface area (Å²) < 4.78 is 4.90. The maximum atomic E-state index is 11.8. The van der Waals surface area contributed by atoms with Crippen molar-refractivity contribution in [3.8, 4) is 0 Å². The van der Waals surface area contributed by atoms with E-state index in [2.05, 4.69) is 5.32 Å². The second kappa shape index (κ2) is 6.13. The van der Waals surface area contributed by atoms with Gasteiger partial charge in [-0.2, -0.15) is 0 Å². The number of nitro groups is 1. The zero-order chi connectivity index (χ0) is 16.4. The summed E-state index contributed by atoms with van der Waals surface area (Å²) in [6.07, 6.45) is 0.781. The molecule has 1 amide bonds. The minimum Gasteiger partial charge on any atom is -0.455 e. The highest BCUT2D eigenvalue weighted by molar-refractivity contribution is 5.95. The molecule has 2 rings (SSSR count). The van der Waals surface area contributed by atoms with E-state index in [1.165, 1.54) is 12.1 Å². The largest absolute Gasteiger partial charge is 0.455 e. The molecular formula is C15H18N2O5. The summed E-state index contributed by atoms with van der Waals surface area (Å²) in [4.78, 5) is 33.8. The lowest BCUT2D eigenvalue weighted by atomic mass is 10.1. The van der Waals surface area contributed by atoms with Gasteiger partial charge in [-0.3, -0.25) is 19.7 Å². The number of hydrogen-bond donors (Lipinski definition) is 1. The van der Waals surface area contributed by atoms with E-state index < -0.39 is 23.4 Å². The molecule has 1 fully saturated rings. The van der Waals surface area contributed by atoms with Crippen LogP contribution in [0.15, 0.2) is 12.1 Å². The Morgan fingerprint density at radius 1 is 1.36 bits per heavy atom. The molecule has 1 aromatic carbocycles. The number of nitrogens with one attached hydrogen (secondary N) is 1. The third kappa shape index (κ3) is 3.60. The lowest BCUT2D eigenvalue weighted by molar-refractivity contribution is -0.384. The fourth-order valence-electron chi connectivity index (χ4n) is 2.13. The van der Waals surface area contributed by atoms with Gasteiger partial charge in [0.2, 0.25) is 0 Å². The Labute approximate surface area is 127 Å². The molecular weight excluding hydrogens is 288 g/mol. The number of nitro benzene ring substituents is 1. The summed E-state index contributed by atoms with van der Waals surface area (Å²) >= 11 is 0. The van der Waals surface area contributed by atoms with E-state index in [-0.39, 0.29) is 17.3 Å². The standard InChI is InChI=1S/C15H18N2O5/c1-8-5-12(13(17(20)21)6-9(8)2)16-14(18)7-22-15(19)11-4-10(11)3/h5-6,10-11H,4,7H2,1-3H3,(H,16,18)/t10-,11+/m0/s1. The van der Waals surface area contributed by atoms with Gasteiger partial charge in [-0.1, -0.05) is 6.92 Å². The molecule has 7 heteroatoms. The maximum Gasteiger partial charge on any atom is 0.309 e. The van der Waals surface area contributed by atoms with Gasteiger partial charge in [0.05, 0.1) is 10.8 Å². The summed E-state index contributed by atoms with van der Waals surface area (Å²) in [7, 11) is 0. The number of aryl methyl sites for hydroxylation is 2. The Bertz CT molecular complexity index is 641. The number of hydrogen-bond acceptors (Lipinski definition) is 5. The quantitative estimate of drug-likeness (QED) is 0.511. The van der Waals surface area contributed by atoms with Crippen LogP contribution in [0.4, 0.5) is 11.4 Å². The van der Waals surface area contributed by atoms with Gasteiger partial charge in [0.15, 0.2) is 6.61 Å². The van der Waals surface area contributed by atoms with Crippen LogP contribution in [0, 0.1) is 35.8 Å². The van der Waals surface area contributed by atoms with Gasteiger partial charge >= 0.3 is 5.97 Å². The minimum atomic E-state index is -0.590. The first-order valence-electron chi connectivity index (χ1n) is 7.01. The van der Waals surface area contributed by atoms with Crippen LogP contribution in [0.25, 0.3) is 0 Å². The highest BCUT2D eigenvalue weighted by Gasteiger charge is 2.40. The first kappa shape index (κ1) is 15.9. The normalized spacial score (nSPS) is 19.4. The lowest BCUT2D eigenvalue weighted by Gasteiger charge is -2.09. The Kier molecular flexibility index (Phi) is 4.44. The van der Waals surface area contributed by atoms with Gasteiger partial charge in [0, 0.05) is 6.07 Å². The molecule has 1 saturated carbocycles. The number of rotatable bonds is 5. The van der Waals surface area contributed by atoms with E-state index >= 15 is 0 Å². The van der Waals surface area contributed by atoms with Crippen LogP contribution < -0.4 is 5.32 Å². The average molecular weight is 306 g/mol. The van der Waals surface area contributed by atoms with E-state index in [4.69, 9.17) is 4.74 Å². The van der Waals surface area contributed by atoms with Crippen molar-refractivity contribution in [2.45, 2.75) is 27.2 Å². The second-order valence-corrected chi connectivity index (χ2v) is 5.69. The fraction of sp³-hybridized carbons (Fsp3) is 0.467. The van der Waals surface area contributed by atoms with Crippen molar-refractivity contribution in [2.24, 2.45) is 11.8 Å². The summed E-state index contributed by atoms with van der Waals surface area (Å²) in [6.45, 7) is 5.05. The van der Waals surface area contributed by atoms with E-state index in [1.807, 2.05) is 6.92 Å². The molecule has 118 valence electrons. The molecule has 0 aromatic heterocycles. The molecule has 0 spiro atoms. The Morgan fingerprint density at radius 3 is 2.50 bits per heavy atom. The van der Waals surface area contributed by atoms with Crippen LogP contribution >= 0.6 is 0 Å². The van der Waals surface area contributed by atoms with Gasteiger partial charge in [-0.05, 0) is 43.4 Å². The molecule has 22 heavy (non-hydrogen) atoms. The zero-order valence-electron chi connectivity index (χ0n) is 12.7. The minimum absolute atomic E-state index is 0.105. The monoisotopic (exact) mass is 306 g/mol. The number of ether oxygens (including phenoxy) is 1. The van der Waals surface area contributed by atoms with Crippen molar-refractivity contribution in [1.29, 1.82) is 0 Å². The molecule has 1 aromatic rings. The van der Waals surface area contributed by atoms with Crippen molar-refractivity contribution in [1.82, 2.24) is 0 Å². The number of carbonyl (C=O) groups excluding carboxylic acids is 2. The molecule has 0 unspecified atom stereocenters. The van der Waals surface area contributed by atoms with Crippen molar-refractivity contribution in [3.63, 3.8) is 0 Å². The topological polar surface area (TPSA) is 98.5 Å². The van der Waals surface area contributed by atoms with Crippen LogP contribution in [0.3, 0.4) is 0 Å².